The van der Waals surface area contributed by atoms with Crippen molar-refractivity contribution in [3.05, 3.63) is 12.2 Å². The number of methoxy groups -OCH3 is 2. The van der Waals surface area contributed by atoms with E-state index in [0.717, 1.165) is 6.42 Å². The van der Waals surface area contributed by atoms with E-state index in [1.807, 2.05) is 6.92 Å². The van der Waals surface area contributed by atoms with Crippen molar-refractivity contribution in [1.29, 1.82) is 0 Å². The minimum absolute atomic E-state index is 0.0156. The SMILES string of the molecule is COC1(OC)[C@@H]2C=C[C@H]1[C@@H]([C@](C)(N)CO)C2. The molecule has 2 aliphatic rings. The zero-order chi connectivity index (χ0) is 12.0. The van der Waals surface area contributed by atoms with Crippen LogP contribution in [0.3, 0.4) is 0 Å². The van der Waals surface area contributed by atoms with Gasteiger partial charge in [-0.3, -0.25) is 0 Å². The van der Waals surface area contributed by atoms with Gasteiger partial charge in [-0.15, -0.1) is 0 Å². The van der Waals surface area contributed by atoms with E-state index >= 15 is 0 Å². The summed E-state index contributed by atoms with van der Waals surface area (Å²) in [5.74, 6) is 0.00877. The van der Waals surface area contributed by atoms with E-state index in [4.69, 9.17) is 15.2 Å². The predicted octanol–water partition coefficient (Wildman–Crippen LogP) is 0.507. The molecule has 1 saturated carbocycles. The van der Waals surface area contributed by atoms with Crippen LogP contribution in [0.25, 0.3) is 0 Å². The van der Waals surface area contributed by atoms with Crippen LogP contribution in [0.5, 0.6) is 0 Å². The summed E-state index contributed by atoms with van der Waals surface area (Å²) in [7, 11) is 3.34. The summed E-state index contributed by atoms with van der Waals surface area (Å²) < 4.78 is 11.2. The van der Waals surface area contributed by atoms with Crippen molar-refractivity contribution in [3.8, 4) is 0 Å². The normalized spacial score (nSPS) is 38.9. The van der Waals surface area contributed by atoms with Crippen LogP contribution < -0.4 is 5.73 Å². The Bertz CT molecular complexity index is 297. The molecule has 0 aliphatic heterocycles. The van der Waals surface area contributed by atoms with E-state index in [1.165, 1.54) is 0 Å². The van der Waals surface area contributed by atoms with Gasteiger partial charge in [0.25, 0.3) is 0 Å². The van der Waals surface area contributed by atoms with Gasteiger partial charge >= 0.3 is 0 Å². The summed E-state index contributed by atoms with van der Waals surface area (Å²) in [5, 5.41) is 9.37. The number of aliphatic hydroxyl groups is 1. The van der Waals surface area contributed by atoms with Gasteiger partial charge in [0.2, 0.25) is 0 Å². The fourth-order valence-electron chi connectivity index (χ4n) is 3.30. The second kappa shape index (κ2) is 3.81. The lowest BCUT2D eigenvalue weighted by molar-refractivity contribution is -0.233. The van der Waals surface area contributed by atoms with Crippen molar-refractivity contribution in [2.45, 2.75) is 24.7 Å². The summed E-state index contributed by atoms with van der Waals surface area (Å²) in [4.78, 5) is 0. The maximum absolute atomic E-state index is 9.37. The molecule has 4 heteroatoms. The van der Waals surface area contributed by atoms with Crippen molar-refractivity contribution in [1.82, 2.24) is 0 Å². The molecule has 0 spiro atoms. The van der Waals surface area contributed by atoms with Crippen LogP contribution >= 0.6 is 0 Å². The molecule has 0 aromatic rings. The summed E-state index contributed by atoms with van der Waals surface area (Å²) in [6.07, 6.45) is 5.17. The van der Waals surface area contributed by atoms with Gasteiger partial charge in [0.1, 0.15) is 0 Å². The van der Waals surface area contributed by atoms with E-state index in [0.29, 0.717) is 0 Å². The van der Waals surface area contributed by atoms with Crippen molar-refractivity contribution >= 4 is 0 Å². The Morgan fingerprint density at radius 1 is 1.44 bits per heavy atom. The lowest BCUT2D eigenvalue weighted by Crippen LogP contribution is -2.51. The number of fused-ring (bicyclic) bond motifs is 2. The quantitative estimate of drug-likeness (QED) is 0.542. The Morgan fingerprint density at radius 2 is 2.06 bits per heavy atom. The van der Waals surface area contributed by atoms with Crippen LogP contribution in [0.2, 0.25) is 0 Å². The van der Waals surface area contributed by atoms with Gasteiger partial charge in [-0.2, -0.15) is 0 Å². The molecular formula is C12H21NO3. The number of hydrogen-bond donors (Lipinski definition) is 2. The van der Waals surface area contributed by atoms with Gasteiger partial charge in [-0.1, -0.05) is 12.2 Å². The van der Waals surface area contributed by atoms with Crippen LogP contribution in [0.4, 0.5) is 0 Å². The minimum Gasteiger partial charge on any atom is -0.394 e. The van der Waals surface area contributed by atoms with Crippen LogP contribution in [-0.2, 0) is 9.47 Å². The zero-order valence-electron chi connectivity index (χ0n) is 10.1. The third-order valence-corrected chi connectivity index (χ3v) is 4.30. The highest BCUT2D eigenvalue weighted by atomic mass is 16.7. The molecule has 0 unspecified atom stereocenters. The van der Waals surface area contributed by atoms with Gasteiger partial charge in [0.05, 0.1) is 6.61 Å². The summed E-state index contributed by atoms with van der Waals surface area (Å²) >= 11 is 0. The number of ether oxygens (including phenoxy) is 2. The second-order valence-electron chi connectivity index (χ2n) is 5.15. The monoisotopic (exact) mass is 227 g/mol. The van der Waals surface area contributed by atoms with Crippen LogP contribution in [0.15, 0.2) is 12.2 Å². The topological polar surface area (TPSA) is 64.7 Å². The van der Waals surface area contributed by atoms with E-state index in [1.54, 1.807) is 14.2 Å². The maximum Gasteiger partial charge on any atom is 0.180 e. The number of aliphatic hydroxyl groups excluding tert-OH is 1. The number of hydrogen-bond acceptors (Lipinski definition) is 4. The fraction of sp³-hybridized carbons (Fsp3) is 0.833. The predicted molar refractivity (Wildman–Crippen MR) is 60.7 cm³/mol. The van der Waals surface area contributed by atoms with Gasteiger partial charge in [0.15, 0.2) is 5.79 Å². The molecule has 1 fully saturated rings. The van der Waals surface area contributed by atoms with Gasteiger partial charge in [-0.25, -0.2) is 0 Å². The highest BCUT2D eigenvalue weighted by Crippen LogP contribution is 2.55. The minimum atomic E-state index is -0.577. The van der Waals surface area contributed by atoms with Crippen molar-refractivity contribution in [3.63, 3.8) is 0 Å². The lowest BCUT2D eigenvalue weighted by atomic mass is 9.78. The van der Waals surface area contributed by atoms with E-state index in [9.17, 15) is 5.11 Å². The van der Waals surface area contributed by atoms with E-state index in [2.05, 4.69) is 12.2 Å². The van der Waals surface area contributed by atoms with Crippen molar-refractivity contribution < 1.29 is 14.6 Å². The number of nitrogens with two attached hydrogens (primary N) is 1. The Labute approximate surface area is 96.4 Å². The first-order chi connectivity index (χ1) is 7.51. The average molecular weight is 227 g/mol. The molecule has 4 nitrogen and oxygen atoms in total. The molecule has 0 aromatic carbocycles. The van der Waals surface area contributed by atoms with Gasteiger partial charge in [-0.05, 0) is 19.3 Å². The largest absolute Gasteiger partial charge is 0.394 e. The first-order valence-corrected chi connectivity index (χ1v) is 5.70. The molecule has 0 amide bonds. The van der Waals surface area contributed by atoms with E-state index in [-0.39, 0.29) is 24.4 Å². The molecule has 2 aliphatic carbocycles. The molecular weight excluding hydrogens is 206 g/mol. The summed E-state index contributed by atoms with van der Waals surface area (Å²) in [6.45, 7) is 1.88. The Morgan fingerprint density at radius 3 is 2.50 bits per heavy atom. The summed E-state index contributed by atoms with van der Waals surface area (Å²) in [6, 6.07) is 0. The lowest BCUT2D eigenvalue weighted by Gasteiger charge is -2.37. The first-order valence-electron chi connectivity index (χ1n) is 5.70. The van der Waals surface area contributed by atoms with Gasteiger partial charge in [0, 0.05) is 31.6 Å². The Kier molecular flexibility index (Phi) is 2.87. The van der Waals surface area contributed by atoms with Crippen molar-refractivity contribution in [2.24, 2.45) is 23.5 Å². The van der Waals surface area contributed by atoms with E-state index < -0.39 is 11.3 Å². The zero-order valence-corrected chi connectivity index (χ0v) is 10.1. The Hall–Kier alpha value is -0.420. The molecule has 3 N–H and O–H groups in total. The maximum atomic E-state index is 9.37. The highest BCUT2D eigenvalue weighted by molar-refractivity contribution is 5.22. The fourth-order valence-corrected chi connectivity index (χ4v) is 3.30. The third-order valence-electron chi connectivity index (χ3n) is 4.30. The Balaban J connectivity index is 2.28. The molecule has 0 radical (unpaired) electrons. The molecule has 92 valence electrons. The molecule has 4 atom stereocenters. The standard InChI is InChI=1S/C12H21NO3/c1-11(13,7-14)10-6-8-4-5-9(10)12(8,15-2)16-3/h4-5,8-10,14H,6-7,13H2,1-3H3/t8-,9+,10+,11-/m1/s1. The van der Waals surface area contributed by atoms with Crippen LogP contribution in [-0.4, -0.2) is 37.3 Å². The van der Waals surface area contributed by atoms with Gasteiger partial charge < -0.3 is 20.3 Å². The first kappa shape index (κ1) is 12.0. The van der Waals surface area contributed by atoms with Crippen LogP contribution in [0, 0.1) is 17.8 Å². The molecule has 2 rings (SSSR count). The van der Waals surface area contributed by atoms with Crippen molar-refractivity contribution in [2.75, 3.05) is 20.8 Å². The van der Waals surface area contributed by atoms with Crippen LogP contribution in [0.1, 0.15) is 13.3 Å². The smallest absolute Gasteiger partial charge is 0.180 e. The molecule has 0 heterocycles. The number of rotatable bonds is 4. The highest BCUT2D eigenvalue weighted by Gasteiger charge is 2.60. The third kappa shape index (κ3) is 1.37. The molecule has 16 heavy (non-hydrogen) atoms. The molecule has 0 saturated heterocycles. The molecule has 0 aromatic heterocycles. The second-order valence-corrected chi connectivity index (χ2v) is 5.15. The molecule has 2 bridgehead atoms. The average Bonchev–Trinajstić information content (AvgIpc) is 2.81. The summed E-state index contributed by atoms with van der Waals surface area (Å²) in [5.41, 5.74) is 5.57.